The van der Waals surface area contributed by atoms with Crippen LogP contribution in [0.15, 0.2) is 12.2 Å². The quantitative estimate of drug-likeness (QED) is 0.0393. The standard InChI is InChI=1S/C42H83NO4/c1-4-6-8-10-12-13-14-15-16-17-18-19-20-21-22-23-25-27-31-36-41(46)42(47)43-39(37-44)40(45)35-32-28-30-34-38(3)33-29-26-24-11-9-7-5-2/h32,35,38-41,44-46H,4-31,33-34,36-37H2,1-3H3,(H,43,47)/b35-32+. The van der Waals surface area contributed by atoms with Crippen LogP contribution in [0.4, 0.5) is 0 Å². The number of hydrogen-bond donors (Lipinski definition) is 4. The summed E-state index contributed by atoms with van der Waals surface area (Å²) in [6, 6.07) is -0.797. The van der Waals surface area contributed by atoms with Gasteiger partial charge in [0.05, 0.1) is 18.8 Å². The van der Waals surface area contributed by atoms with E-state index >= 15 is 0 Å². The first-order valence-electron chi connectivity index (χ1n) is 20.9. The van der Waals surface area contributed by atoms with Crippen LogP contribution in [0.1, 0.15) is 220 Å². The van der Waals surface area contributed by atoms with Crippen molar-refractivity contribution in [3.05, 3.63) is 12.2 Å². The second-order valence-electron chi connectivity index (χ2n) is 14.8. The predicted molar refractivity (Wildman–Crippen MR) is 204 cm³/mol. The number of carbonyl (C=O) groups excluding carboxylic acids is 1. The Morgan fingerprint density at radius 1 is 0.553 bits per heavy atom. The molecule has 280 valence electrons. The van der Waals surface area contributed by atoms with E-state index in [4.69, 9.17) is 0 Å². The second-order valence-corrected chi connectivity index (χ2v) is 14.8. The monoisotopic (exact) mass is 666 g/mol. The predicted octanol–water partition coefficient (Wildman–Crippen LogP) is 11.5. The van der Waals surface area contributed by atoms with Gasteiger partial charge in [-0.05, 0) is 25.2 Å². The third-order valence-electron chi connectivity index (χ3n) is 10.0. The number of aliphatic hydroxyl groups excluding tert-OH is 3. The molecule has 0 spiro atoms. The van der Waals surface area contributed by atoms with Crippen molar-refractivity contribution in [3.63, 3.8) is 0 Å². The summed E-state index contributed by atoms with van der Waals surface area (Å²) < 4.78 is 0. The first kappa shape index (κ1) is 46.1. The van der Waals surface area contributed by atoms with Gasteiger partial charge in [-0.2, -0.15) is 0 Å². The Hall–Kier alpha value is -0.910. The maximum absolute atomic E-state index is 12.5. The number of nitrogens with one attached hydrogen (secondary N) is 1. The molecule has 0 saturated carbocycles. The van der Waals surface area contributed by atoms with Gasteiger partial charge in [-0.1, -0.05) is 213 Å². The Morgan fingerprint density at radius 3 is 1.32 bits per heavy atom. The van der Waals surface area contributed by atoms with Gasteiger partial charge in [0.25, 0.3) is 0 Å². The zero-order chi connectivity index (χ0) is 34.6. The van der Waals surface area contributed by atoms with E-state index in [2.05, 4.69) is 26.1 Å². The Bertz CT molecular complexity index is 669. The number of allylic oxidation sites excluding steroid dienone is 1. The van der Waals surface area contributed by atoms with Crippen LogP contribution in [0, 0.1) is 5.92 Å². The molecule has 0 aromatic carbocycles. The molecule has 0 heterocycles. The Labute approximate surface area is 293 Å². The van der Waals surface area contributed by atoms with Crippen LogP contribution in [-0.2, 0) is 4.79 Å². The third kappa shape index (κ3) is 32.1. The van der Waals surface area contributed by atoms with Crippen molar-refractivity contribution in [1.29, 1.82) is 0 Å². The van der Waals surface area contributed by atoms with Gasteiger partial charge in [0.15, 0.2) is 0 Å². The maximum atomic E-state index is 12.5. The molecule has 0 aliphatic rings. The SMILES string of the molecule is CCCCCCCCCCCCCCCCCCCCCC(O)C(=O)NC(CO)C(O)/C=C/CCCC(C)CCCCCCCCC. The van der Waals surface area contributed by atoms with Crippen molar-refractivity contribution >= 4 is 5.91 Å². The molecule has 0 aliphatic heterocycles. The van der Waals surface area contributed by atoms with E-state index in [0.29, 0.717) is 6.42 Å². The van der Waals surface area contributed by atoms with Crippen LogP contribution in [0.3, 0.4) is 0 Å². The molecular weight excluding hydrogens is 582 g/mol. The van der Waals surface area contributed by atoms with Crippen LogP contribution in [0.2, 0.25) is 0 Å². The minimum Gasteiger partial charge on any atom is -0.394 e. The molecule has 4 N–H and O–H groups in total. The van der Waals surface area contributed by atoms with Gasteiger partial charge in [0.2, 0.25) is 5.91 Å². The van der Waals surface area contributed by atoms with E-state index in [9.17, 15) is 20.1 Å². The summed E-state index contributed by atoms with van der Waals surface area (Å²) in [5, 5.41) is 33.1. The summed E-state index contributed by atoms with van der Waals surface area (Å²) in [7, 11) is 0. The minimum absolute atomic E-state index is 0.362. The fourth-order valence-electron chi connectivity index (χ4n) is 6.61. The lowest BCUT2D eigenvalue weighted by Gasteiger charge is -2.21. The number of hydrogen-bond acceptors (Lipinski definition) is 4. The first-order chi connectivity index (χ1) is 23.0. The summed E-state index contributed by atoms with van der Waals surface area (Å²) in [6.07, 6.45) is 41.0. The largest absolute Gasteiger partial charge is 0.394 e. The zero-order valence-electron chi connectivity index (χ0n) is 31.8. The van der Waals surface area contributed by atoms with E-state index < -0.39 is 24.2 Å². The number of aliphatic hydroxyl groups is 3. The van der Waals surface area contributed by atoms with Crippen molar-refractivity contribution in [2.75, 3.05) is 6.61 Å². The molecule has 4 unspecified atom stereocenters. The molecule has 0 aliphatic carbocycles. The fraction of sp³-hybridized carbons (Fsp3) is 0.929. The molecule has 0 aromatic heterocycles. The topological polar surface area (TPSA) is 89.8 Å². The highest BCUT2D eigenvalue weighted by atomic mass is 16.3. The normalized spacial score (nSPS) is 14.4. The van der Waals surface area contributed by atoms with Gasteiger partial charge in [-0.15, -0.1) is 0 Å². The van der Waals surface area contributed by atoms with Crippen LogP contribution in [0.5, 0.6) is 0 Å². The van der Waals surface area contributed by atoms with Gasteiger partial charge < -0.3 is 20.6 Å². The fourth-order valence-corrected chi connectivity index (χ4v) is 6.61. The molecule has 0 rings (SSSR count). The number of unbranched alkanes of at least 4 members (excludes halogenated alkanes) is 25. The lowest BCUT2D eigenvalue weighted by Crippen LogP contribution is -2.48. The van der Waals surface area contributed by atoms with Gasteiger partial charge in [0, 0.05) is 0 Å². The average Bonchev–Trinajstić information content (AvgIpc) is 3.07. The molecule has 0 aromatic rings. The highest BCUT2D eigenvalue weighted by Crippen LogP contribution is 2.18. The summed E-state index contributed by atoms with van der Waals surface area (Å²) in [5.41, 5.74) is 0. The van der Waals surface area contributed by atoms with Crippen LogP contribution >= 0.6 is 0 Å². The molecule has 5 nitrogen and oxygen atoms in total. The first-order valence-corrected chi connectivity index (χ1v) is 20.9. The third-order valence-corrected chi connectivity index (χ3v) is 10.0. The summed E-state index contributed by atoms with van der Waals surface area (Å²) in [6.45, 7) is 6.51. The molecule has 1 amide bonds. The molecular formula is C42H83NO4. The van der Waals surface area contributed by atoms with E-state index in [1.165, 1.54) is 161 Å². The Balaban J connectivity index is 3.73. The minimum atomic E-state index is -1.09. The molecule has 47 heavy (non-hydrogen) atoms. The van der Waals surface area contributed by atoms with Crippen LogP contribution in [0.25, 0.3) is 0 Å². The zero-order valence-corrected chi connectivity index (χ0v) is 31.8. The highest BCUT2D eigenvalue weighted by molar-refractivity contribution is 5.80. The molecule has 0 saturated heterocycles. The summed E-state index contributed by atoms with van der Waals surface area (Å²) in [5.74, 6) is 0.224. The van der Waals surface area contributed by atoms with Crippen molar-refractivity contribution in [3.8, 4) is 0 Å². The van der Waals surface area contributed by atoms with Gasteiger partial charge >= 0.3 is 0 Å². The van der Waals surface area contributed by atoms with Crippen LogP contribution in [-0.4, -0.2) is 46.1 Å². The molecule has 0 radical (unpaired) electrons. The van der Waals surface area contributed by atoms with Gasteiger partial charge in [0.1, 0.15) is 6.10 Å². The number of amides is 1. The highest BCUT2D eigenvalue weighted by Gasteiger charge is 2.22. The van der Waals surface area contributed by atoms with E-state index in [-0.39, 0.29) is 6.61 Å². The average molecular weight is 666 g/mol. The summed E-state index contributed by atoms with van der Waals surface area (Å²) in [4.78, 5) is 12.5. The van der Waals surface area contributed by atoms with E-state index in [1.807, 2.05) is 6.08 Å². The van der Waals surface area contributed by atoms with Crippen molar-refractivity contribution in [1.82, 2.24) is 5.32 Å². The van der Waals surface area contributed by atoms with Gasteiger partial charge in [-0.25, -0.2) is 0 Å². The maximum Gasteiger partial charge on any atom is 0.249 e. The smallest absolute Gasteiger partial charge is 0.249 e. The molecule has 4 atom stereocenters. The van der Waals surface area contributed by atoms with Gasteiger partial charge in [-0.3, -0.25) is 4.79 Å². The molecule has 0 fully saturated rings. The Kier molecular flexibility index (Phi) is 35.7. The lowest BCUT2D eigenvalue weighted by molar-refractivity contribution is -0.131. The summed E-state index contributed by atoms with van der Waals surface area (Å²) >= 11 is 0. The van der Waals surface area contributed by atoms with Crippen LogP contribution < -0.4 is 5.32 Å². The van der Waals surface area contributed by atoms with Crippen molar-refractivity contribution < 1.29 is 20.1 Å². The lowest BCUT2D eigenvalue weighted by atomic mass is 9.96. The number of rotatable bonds is 37. The van der Waals surface area contributed by atoms with E-state index in [0.717, 1.165) is 38.0 Å². The second kappa shape index (κ2) is 36.4. The van der Waals surface area contributed by atoms with Crippen molar-refractivity contribution in [2.45, 2.75) is 238 Å². The number of carbonyl (C=O) groups is 1. The Morgan fingerprint density at radius 2 is 0.915 bits per heavy atom. The molecule has 5 heteroatoms. The molecule has 0 bridgehead atoms. The van der Waals surface area contributed by atoms with E-state index in [1.54, 1.807) is 6.08 Å². The van der Waals surface area contributed by atoms with Crippen molar-refractivity contribution in [2.24, 2.45) is 5.92 Å².